The number of fused-ring (bicyclic) bond motifs is 2. The Bertz CT molecular complexity index is 794. The van der Waals surface area contributed by atoms with Gasteiger partial charge in [0, 0.05) is 11.8 Å². The summed E-state index contributed by atoms with van der Waals surface area (Å²) in [5, 5.41) is 0. The summed E-state index contributed by atoms with van der Waals surface area (Å²) in [5.41, 5.74) is 5.38. The number of carbonyl (C=O) groups is 2. The summed E-state index contributed by atoms with van der Waals surface area (Å²) in [6.45, 7) is 4.07. The third-order valence-corrected chi connectivity index (χ3v) is 5.78. The molecule has 2 saturated carbocycles. The van der Waals surface area contributed by atoms with E-state index in [1.165, 1.54) is 5.56 Å². The first-order valence-electron chi connectivity index (χ1n) is 8.79. The Kier molecular flexibility index (Phi) is 3.64. The lowest BCUT2D eigenvalue weighted by Gasteiger charge is -2.27. The molecular formula is C22H22O2. The molecule has 2 fully saturated rings. The van der Waals surface area contributed by atoms with Crippen molar-refractivity contribution in [2.75, 3.05) is 0 Å². The van der Waals surface area contributed by atoms with Crippen LogP contribution in [0.15, 0.2) is 42.5 Å². The van der Waals surface area contributed by atoms with Crippen molar-refractivity contribution in [3.63, 3.8) is 0 Å². The van der Waals surface area contributed by atoms with Crippen LogP contribution in [0.2, 0.25) is 0 Å². The lowest BCUT2D eigenvalue weighted by molar-refractivity contribution is -0.135. The first-order valence-corrected chi connectivity index (χ1v) is 8.79. The third kappa shape index (κ3) is 2.41. The molecule has 24 heavy (non-hydrogen) atoms. The Hall–Kier alpha value is -2.22. The topological polar surface area (TPSA) is 34.1 Å². The van der Waals surface area contributed by atoms with Crippen molar-refractivity contribution in [2.24, 2.45) is 11.8 Å². The van der Waals surface area contributed by atoms with Crippen molar-refractivity contribution in [3.8, 4) is 11.1 Å². The summed E-state index contributed by atoms with van der Waals surface area (Å²) in [7, 11) is 0. The Morgan fingerprint density at radius 1 is 0.792 bits per heavy atom. The highest BCUT2D eigenvalue weighted by Gasteiger charge is 2.47. The molecule has 0 radical (unpaired) electrons. The van der Waals surface area contributed by atoms with Gasteiger partial charge in [0.15, 0.2) is 11.6 Å². The average Bonchev–Trinajstić information content (AvgIpc) is 3.03. The minimum absolute atomic E-state index is 0.0973. The zero-order valence-corrected chi connectivity index (χ0v) is 14.2. The summed E-state index contributed by atoms with van der Waals surface area (Å²) in [4.78, 5) is 25.6. The van der Waals surface area contributed by atoms with Gasteiger partial charge in [-0.15, -0.1) is 0 Å². The van der Waals surface area contributed by atoms with E-state index in [0.29, 0.717) is 0 Å². The van der Waals surface area contributed by atoms with Crippen LogP contribution >= 0.6 is 0 Å². The molecule has 2 aliphatic carbocycles. The van der Waals surface area contributed by atoms with Crippen LogP contribution in [0.25, 0.3) is 11.1 Å². The van der Waals surface area contributed by atoms with Crippen molar-refractivity contribution in [1.82, 2.24) is 0 Å². The van der Waals surface area contributed by atoms with E-state index in [4.69, 9.17) is 0 Å². The van der Waals surface area contributed by atoms with Gasteiger partial charge in [-0.1, -0.05) is 42.0 Å². The number of aryl methyl sites for hydroxylation is 2. The summed E-state index contributed by atoms with van der Waals surface area (Å²) < 4.78 is 0. The fourth-order valence-electron chi connectivity index (χ4n) is 4.29. The monoisotopic (exact) mass is 318 g/mol. The molecule has 2 aromatic carbocycles. The van der Waals surface area contributed by atoms with E-state index < -0.39 is 5.92 Å². The number of rotatable bonds is 2. The molecule has 0 aromatic heterocycles. The maximum atomic E-state index is 12.8. The lowest BCUT2D eigenvalue weighted by Crippen LogP contribution is -2.35. The maximum Gasteiger partial charge on any atom is 0.150 e. The van der Waals surface area contributed by atoms with Crippen molar-refractivity contribution in [1.29, 1.82) is 0 Å². The van der Waals surface area contributed by atoms with Crippen LogP contribution in [0.1, 0.15) is 41.9 Å². The summed E-state index contributed by atoms with van der Waals surface area (Å²) in [6, 6.07) is 14.6. The van der Waals surface area contributed by atoms with Crippen LogP contribution in [0, 0.1) is 25.7 Å². The van der Waals surface area contributed by atoms with Crippen LogP contribution < -0.4 is 0 Å². The largest absolute Gasteiger partial charge is 0.298 e. The zero-order valence-electron chi connectivity index (χ0n) is 14.2. The predicted octanol–water partition coefficient (Wildman–Crippen LogP) is 4.62. The van der Waals surface area contributed by atoms with Gasteiger partial charge in [-0.25, -0.2) is 0 Å². The molecule has 2 heteroatoms. The number of Topliss-reactive ketones (excluding diaryl/α,β-unsaturated/α-hetero) is 2. The van der Waals surface area contributed by atoms with Crippen LogP contribution in [-0.4, -0.2) is 11.6 Å². The second-order valence-corrected chi connectivity index (χ2v) is 7.38. The van der Waals surface area contributed by atoms with Crippen LogP contribution in [-0.2, 0) is 9.59 Å². The number of benzene rings is 2. The van der Waals surface area contributed by atoms with Gasteiger partial charge in [-0.2, -0.15) is 0 Å². The van der Waals surface area contributed by atoms with Gasteiger partial charge >= 0.3 is 0 Å². The third-order valence-electron chi connectivity index (χ3n) is 5.78. The molecule has 122 valence electrons. The Labute approximate surface area is 142 Å². The van der Waals surface area contributed by atoms with Gasteiger partial charge < -0.3 is 0 Å². The van der Waals surface area contributed by atoms with Crippen LogP contribution in [0.4, 0.5) is 0 Å². The highest BCUT2D eigenvalue weighted by Crippen LogP contribution is 2.44. The van der Waals surface area contributed by atoms with E-state index in [1.54, 1.807) is 0 Å². The highest BCUT2D eigenvalue weighted by molar-refractivity contribution is 6.12. The summed E-state index contributed by atoms with van der Waals surface area (Å²) in [5.74, 6) is -0.0438. The van der Waals surface area contributed by atoms with Gasteiger partial charge in [-0.05, 0) is 61.4 Å². The Morgan fingerprint density at radius 2 is 1.38 bits per heavy atom. The first kappa shape index (κ1) is 15.3. The van der Waals surface area contributed by atoms with E-state index in [9.17, 15) is 9.59 Å². The number of carbonyl (C=O) groups excluding carboxylic acids is 2. The molecule has 0 saturated heterocycles. The Morgan fingerprint density at radius 3 is 2.00 bits per heavy atom. The smallest absolute Gasteiger partial charge is 0.150 e. The zero-order chi connectivity index (χ0) is 16.8. The fourth-order valence-corrected chi connectivity index (χ4v) is 4.29. The normalized spacial score (nSPS) is 26.0. The molecule has 1 unspecified atom stereocenters. The standard InChI is InChI=1S/C22H22O2/c1-13-3-6-15(7-4-13)16-8-5-14(2)19(12-16)20-21(23)17-9-10-18(11-17)22(20)24/h3-8,12,17-18,20H,9-11H2,1-2H3/t17-,18+,20?. The van der Waals surface area contributed by atoms with Crippen molar-refractivity contribution in [2.45, 2.75) is 39.0 Å². The van der Waals surface area contributed by atoms with Gasteiger partial charge in [0.25, 0.3) is 0 Å². The molecule has 0 N–H and O–H groups in total. The van der Waals surface area contributed by atoms with E-state index in [0.717, 1.165) is 41.5 Å². The average molecular weight is 318 g/mol. The molecule has 0 spiro atoms. The lowest BCUT2D eigenvalue weighted by atomic mass is 9.74. The van der Waals surface area contributed by atoms with Gasteiger partial charge in [0.2, 0.25) is 0 Å². The van der Waals surface area contributed by atoms with E-state index >= 15 is 0 Å². The van der Waals surface area contributed by atoms with Crippen LogP contribution in [0.3, 0.4) is 0 Å². The second kappa shape index (κ2) is 5.70. The minimum Gasteiger partial charge on any atom is -0.298 e. The molecule has 3 atom stereocenters. The van der Waals surface area contributed by atoms with E-state index in [2.05, 4.69) is 43.3 Å². The molecule has 2 nitrogen and oxygen atoms in total. The van der Waals surface area contributed by atoms with Gasteiger partial charge in [0.05, 0.1) is 0 Å². The van der Waals surface area contributed by atoms with Gasteiger partial charge in [-0.3, -0.25) is 9.59 Å². The number of ketones is 2. The van der Waals surface area contributed by atoms with Crippen molar-refractivity contribution < 1.29 is 9.59 Å². The first-order chi connectivity index (χ1) is 11.5. The fraction of sp³-hybridized carbons (Fsp3) is 0.364. The SMILES string of the molecule is Cc1ccc(-c2ccc(C)c(C3C(=O)[C@@H]4CC[C@@H](C4)C3=O)c2)cc1. The van der Waals surface area contributed by atoms with E-state index in [1.807, 2.05) is 13.0 Å². The molecule has 0 amide bonds. The molecule has 0 aliphatic heterocycles. The van der Waals surface area contributed by atoms with Gasteiger partial charge in [0.1, 0.15) is 5.92 Å². The predicted molar refractivity (Wildman–Crippen MR) is 94.9 cm³/mol. The molecule has 4 rings (SSSR count). The molecule has 2 aliphatic rings. The second-order valence-electron chi connectivity index (χ2n) is 7.38. The quantitative estimate of drug-likeness (QED) is 0.757. The Balaban J connectivity index is 1.78. The summed E-state index contributed by atoms with van der Waals surface area (Å²) in [6.07, 6.45) is 2.57. The van der Waals surface area contributed by atoms with Crippen molar-refractivity contribution >= 4 is 11.6 Å². The molecular weight excluding hydrogens is 296 g/mol. The summed E-state index contributed by atoms with van der Waals surface area (Å²) >= 11 is 0. The van der Waals surface area contributed by atoms with Crippen LogP contribution in [0.5, 0.6) is 0 Å². The maximum absolute atomic E-state index is 12.8. The number of hydrogen-bond acceptors (Lipinski definition) is 2. The minimum atomic E-state index is -0.540. The number of hydrogen-bond donors (Lipinski definition) is 0. The molecule has 0 heterocycles. The molecule has 2 aromatic rings. The highest BCUT2D eigenvalue weighted by atomic mass is 16.2. The van der Waals surface area contributed by atoms with E-state index in [-0.39, 0.29) is 23.4 Å². The van der Waals surface area contributed by atoms with Crippen molar-refractivity contribution in [3.05, 3.63) is 59.2 Å². The molecule has 2 bridgehead atoms.